The number of carbonyl (C=O) groups excluding carboxylic acids is 2. The standard InChI is InChI=1S/C19H14N2O5/c1-2-18(24)20-11-3-5-15(22)14(10-11)19(25)21-12-4-6-17-13(9-12)16(23)7-8-26-17/h2-10,22H,1H2,(H,20,24)(H,21,25). The Hall–Kier alpha value is -3.87. The number of aromatic hydroxyl groups is 1. The highest BCUT2D eigenvalue weighted by Crippen LogP contribution is 2.23. The number of hydrogen-bond acceptors (Lipinski definition) is 5. The van der Waals surface area contributed by atoms with E-state index in [4.69, 9.17) is 4.42 Å². The zero-order valence-electron chi connectivity index (χ0n) is 13.5. The van der Waals surface area contributed by atoms with E-state index in [0.717, 1.165) is 6.08 Å². The first-order valence-corrected chi connectivity index (χ1v) is 7.57. The smallest absolute Gasteiger partial charge is 0.259 e. The van der Waals surface area contributed by atoms with Crippen molar-refractivity contribution >= 4 is 34.2 Å². The molecular weight excluding hydrogens is 336 g/mol. The van der Waals surface area contributed by atoms with Crippen LogP contribution in [0.1, 0.15) is 10.4 Å². The van der Waals surface area contributed by atoms with Gasteiger partial charge in [-0.3, -0.25) is 14.4 Å². The molecule has 3 aromatic rings. The first-order chi connectivity index (χ1) is 12.5. The number of fused-ring (bicyclic) bond motifs is 1. The fourth-order valence-electron chi connectivity index (χ4n) is 2.35. The van der Waals surface area contributed by atoms with Crippen molar-refractivity contribution < 1.29 is 19.1 Å². The fraction of sp³-hybridized carbons (Fsp3) is 0. The number of rotatable bonds is 4. The minimum Gasteiger partial charge on any atom is -0.507 e. The van der Waals surface area contributed by atoms with Crippen LogP contribution in [0.2, 0.25) is 0 Å². The molecule has 0 spiro atoms. The predicted octanol–water partition coefficient (Wildman–Crippen LogP) is 2.88. The van der Waals surface area contributed by atoms with E-state index in [0.29, 0.717) is 22.3 Å². The molecule has 0 fully saturated rings. The minimum absolute atomic E-state index is 0.0351. The Morgan fingerprint density at radius 1 is 1.04 bits per heavy atom. The van der Waals surface area contributed by atoms with E-state index in [1.54, 1.807) is 12.1 Å². The van der Waals surface area contributed by atoms with E-state index in [1.807, 2.05) is 0 Å². The molecule has 3 rings (SSSR count). The number of anilines is 2. The van der Waals surface area contributed by atoms with E-state index < -0.39 is 11.8 Å². The van der Waals surface area contributed by atoms with Crippen molar-refractivity contribution in [2.75, 3.05) is 10.6 Å². The summed E-state index contributed by atoms with van der Waals surface area (Å²) in [5, 5.41) is 15.4. The molecule has 0 saturated carbocycles. The van der Waals surface area contributed by atoms with Crippen LogP contribution in [0.15, 0.2) is 70.6 Å². The van der Waals surface area contributed by atoms with Gasteiger partial charge in [0.25, 0.3) is 5.91 Å². The second-order valence-electron chi connectivity index (χ2n) is 5.38. The van der Waals surface area contributed by atoms with Crippen LogP contribution in [0.3, 0.4) is 0 Å². The number of benzene rings is 2. The van der Waals surface area contributed by atoms with Crippen molar-refractivity contribution in [1.82, 2.24) is 0 Å². The number of amides is 2. The molecule has 0 saturated heterocycles. The Morgan fingerprint density at radius 2 is 1.77 bits per heavy atom. The van der Waals surface area contributed by atoms with Crippen molar-refractivity contribution in [2.45, 2.75) is 0 Å². The monoisotopic (exact) mass is 350 g/mol. The van der Waals surface area contributed by atoms with Crippen molar-refractivity contribution in [2.24, 2.45) is 0 Å². The molecule has 26 heavy (non-hydrogen) atoms. The molecule has 2 amide bonds. The van der Waals surface area contributed by atoms with Gasteiger partial charge in [0.05, 0.1) is 17.2 Å². The van der Waals surface area contributed by atoms with Crippen LogP contribution < -0.4 is 16.1 Å². The zero-order chi connectivity index (χ0) is 18.7. The minimum atomic E-state index is -0.600. The number of phenols is 1. The molecule has 0 radical (unpaired) electrons. The Bertz CT molecular complexity index is 1080. The summed E-state index contributed by atoms with van der Waals surface area (Å²) in [4.78, 5) is 35.7. The van der Waals surface area contributed by atoms with Crippen molar-refractivity contribution in [3.05, 3.63) is 77.2 Å². The lowest BCUT2D eigenvalue weighted by molar-refractivity contribution is -0.111. The van der Waals surface area contributed by atoms with Gasteiger partial charge in [-0.1, -0.05) is 6.58 Å². The second-order valence-corrected chi connectivity index (χ2v) is 5.38. The molecule has 0 unspecified atom stereocenters. The van der Waals surface area contributed by atoms with Crippen LogP contribution in [0.5, 0.6) is 5.75 Å². The van der Waals surface area contributed by atoms with E-state index in [-0.39, 0.29) is 16.7 Å². The maximum atomic E-state index is 12.5. The summed E-state index contributed by atoms with van der Waals surface area (Å²) >= 11 is 0. The van der Waals surface area contributed by atoms with E-state index >= 15 is 0 Å². The Labute approximate surface area is 147 Å². The second kappa shape index (κ2) is 6.94. The van der Waals surface area contributed by atoms with Crippen LogP contribution >= 0.6 is 0 Å². The van der Waals surface area contributed by atoms with E-state index in [2.05, 4.69) is 17.2 Å². The highest BCUT2D eigenvalue weighted by Gasteiger charge is 2.14. The molecule has 1 aromatic heterocycles. The molecule has 130 valence electrons. The van der Waals surface area contributed by atoms with E-state index in [9.17, 15) is 19.5 Å². The molecule has 7 nitrogen and oxygen atoms in total. The van der Waals surface area contributed by atoms with Crippen molar-refractivity contribution in [1.29, 1.82) is 0 Å². The Balaban J connectivity index is 1.89. The van der Waals surface area contributed by atoms with Gasteiger partial charge in [-0.25, -0.2) is 0 Å². The average Bonchev–Trinajstić information content (AvgIpc) is 2.63. The summed E-state index contributed by atoms with van der Waals surface area (Å²) in [7, 11) is 0. The molecule has 0 atom stereocenters. The van der Waals surface area contributed by atoms with Gasteiger partial charge >= 0.3 is 0 Å². The molecule has 2 aromatic carbocycles. The highest BCUT2D eigenvalue weighted by atomic mass is 16.3. The normalized spacial score (nSPS) is 10.3. The largest absolute Gasteiger partial charge is 0.507 e. The third-order valence-electron chi connectivity index (χ3n) is 3.61. The first kappa shape index (κ1) is 17.0. The summed E-state index contributed by atoms with van der Waals surface area (Å²) < 4.78 is 5.22. The van der Waals surface area contributed by atoms with Gasteiger partial charge in [0.2, 0.25) is 5.91 Å². The summed E-state index contributed by atoms with van der Waals surface area (Å²) in [5.74, 6) is -1.29. The molecule has 1 heterocycles. The molecule has 7 heteroatoms. The number of nitrogens with one attached hydrogen (secondary N) is 2. The quantitative estimate of drug-likeness (QED) is 0.495. The third kappa shape index (κ3) is 3.46. The lowest BCUT2D eigenvalue weighted by Gasteiger charge is -2.10. The topological polar surface area (TPSA) is 109 Å². The molecule has 0 aliphatic carbocycles. The maximum Gasteiger partial charge on any atom is 0.259 e. The Kier molecular flexibility index (Phi) is 4.53. The maximum absolute atomic E-state index is 12.5. The first-order valence-electron chi connectivity index (χ1n) is 7.57. The van der Waals surface area contributed by atoms with Gasteiger partial charge in [0.15, 0.2) is 5.43 Å². The average molecular weight is 350 g/mol. The molecule has 0 aliphatic heterocycles. The number of hydrogen-bond donors (Lipinski definition) is 3. The fourth-order valence-corrected chi connectivity index (χ4v) is 2.35. The highest BCUT2D eigenvalue weighted by molar-refractivity contribution is 6.08. The zero-order valence-corrected chi connectivity index (χ0v) is 13.5. The van der Waals surface area contributed by atoms with Crippen molar-refractivity contribution in [3.63, 3.8) is 0 Å². The summed E-state index contributed by atoms with van der Waals surface area (Å²) in [6.07, 6.45) is 2.39. The van der Waals surface area contributed by atoms with Gasteiger partial charge in [-0.05, 0) is 42.5 Å². The lowest BCUT2D eigenvalue weighted by Crippen LogP contribution is -2.14. The van der Waals surface area contributed by atoms with Gasteiger partial charge in [-0.15, -0.1) is 0 Å². The van der Waals surface area contributed by atoms with E-state index in [1.165, 1.54) is 36.6 Å². The Morgan fingerprint density at radius 3 is 2.54 bits per heavy atom. The summed E-state index contributed by atoms with van der Waals surface area (Å²) in [5.41, 5.74) is 0.816. The number of carbonyl (C=O) groups is 2. The molecule has 0 bridgehead atoms. The summed E-state index contributed by atoms with van der Waals surface area (Å²) in [6.45, 7) is 3.35. The van der Waals surface area contributed by atoms with Gasteiger partial charge in [-0.2, -0.15) is 0 Å². The van der Waals surface area contributed by atoms with Crippen LogP contribution in [-0.4, -0.2) is 16.9 Å². The predicted molar refractivity (Wildman–Crippen MR) is 97.4 cm³/mol. The number of phenolic OH excluding ortho intramolecular Hbond substituents is 1. The van der Waals surface area contributed by atoms with Gasteiger partial charge in [0, 0.05) is 17.4 Å². The third-order valence-corrected chi connectivity index (χ3v) is 3.61. The van der Waals surface area contributed by atoms with Crippen LogP contribution in [0.4, 0.5) is 11.4 Å². The van der Waals surface area contributed by atoms with Gasteiger partial charge < -0.3 is 20.2 Å². The molecule has 0 aliphatic rings. The summed E-state index contributed by atoms with van der Waals surface area (Å²) in [6, 6.07) is 9.99. The molecule has 3 N–H and O–H groups in total. The van der Waals surface area contributed by atoms with Crippen LogP contribution in [-0.2, 0) is 4.79 Å². The SMILES string of the molecule is C=CC(=O)Nc1ccc(O)c(C(=O)Nc2ccc3occc(=O)c3c2)c1. The molecular formula is C19H14N2O5. The van der Waals surface area contributed by atoms with Crippen molar-refractivity contribution in [3.8, 4) is 5.75 Å². The lowest BCUT2D eigenvalue weighted by atomic mass is 10.1. The van der Waals surface area contributed by atoms with Gasteiger partial charge in [0.1, 0.15) is 11.3 Å². The van der Waals surface area contributed by atoms with Crippen LogP contribution in [0.25, 0.3) is 11.0 Å². The van der Waals surface area contributed by atoms with Crippen LogP contribution in [0, 0.1) is 0 Å².